The number of nitrogens with one attached hydrogen (secondary N) is 1. The van der Waals surface area contributed by atoms with Crippen LogP contribution in [0.5, 0.6) is 0 Å². The van der Waals surface area contributed by atoms with Crippen molar-refractivity contribution in [2.45, 2.75) is 32.5 Å². The van der Waals surface area contributed by atoms with Gasteiger partial charge >= 0.3 is 0 Å². The van der Waals surface area contributed by atoms with Crippen molar-refractivity contribution in [1.82, 2.24) is 5.32 Å². The molecular formula is C16H22N2O2. The molecule has 1 amide bonds. The van der Waals surface area contributed by atoms with Gasteiger partial charge in [-0.25, -0.2) is 0 Å². The molecule has 1 aliphatic rings. The number of carbonyl (C=O) groups is 1. The summed E-state index contributed by atoms with van der Waals surface area (Å²) in [5.74, 6) is -0.0514. The van der Waals surface area contributed by atoms with Gasteiger partial charge in [0.25, 0.3) is 0 Å². The Bertz CT molecular complexity index is 485. The molecule has 0 aliphatic heterocycles. The minimum atomic E-state index is -0.0935. The van der Waals surface area contributed by atoms with Crippen LogP contribution in [-0.2, 0) is 22.7 Å². The van der Waals surface area contributed by atoms with E-state index in [1.807, 2.05) is 43.3 Å². The maximum atomic E-state index is 12.0. The summed E-state index contributed by atoms with van der Waals surface area (Å²) in [7, 11) is 0. The van der Waals surface area contributed by atoms with Crippen molar-refractivity contribution >= 4 is 5.91 Å². The van der Waals surface area contributed by atoms with Crippen LogP contribution in [0.3, 0.4) is 0 Å². The smallest absolute Gasteiger partial charge is 0.227 e. The Kier molecular flexibility index (Phi) is 5.32. The standard InChI is InChI=1S/C16H22N2O2/c1-2-20-11-14-6-4-3-5-13(14)10-18-16(19)12-7-8-15(17)9-12/h3-8,12,15H,2,9-11,17H2,1H3,(H,18,19). The van der Waals surface area contributed by atoms with Gasteiger partial charge in [0.05, 0.1) is 12.5 Å². The van der Waals surface area contributed by atoms with Crippen LogP contribution < -0.4 is 11.1 Å². The van der Waals surface area contributed by atoms with Gasteiger partial charge in [0.2, 0.25) is 5.91 Å². The van der Waals surface area contributed by atoms with Crippen LogP contribution in [0.15, 0.2) is 36.4 Å². The van der Waals surface area contributed by atoms with E-state index in [1.54, 1.807) is 0 Å². The van der Waals surface area contributed by atoms with E-state index in [0.29, 0.717) is 26.2 Å². The first-order valence-corrected chi connectivity index (χ1v) is 7.07. The SMILES string of the molecule is CCOCc1ccccc1CNC(=O)C1C=CC(N)C1. The summed E-state index contributed by atoms with van der Waals surface area (Å²) in [6, 6.07) is 8.02. The van der Waals surface area contributed by atoms with Crippen LogP contribution in [-0.4, -0.2) is 18.6 Å². The Balaban J connectivity index is 1.90. The van der Waals surface area contributed by atoms with Crippen LogP contribution in [0.4, 0.5) is 0 Å². The van der Waals surface area contributed by atoms with Crippen molar-refractivity contribution < 1.29 is 9.53 Å². The van der Waals surface area contributed by atoms with Gasteiger partial charge in [-0.1, -0.05) is 36.4 Å². The van der Waals surface area contributed by atoms with E-state index in [1.165, 1.54) is 0 Å². The predicted molar refractivity (Wildman–Crippen MR) is 78.8 cm³/mol. The lowest BCUT2D eigenvalue weighted by molar-refractivity contribution is -0.123. The van der Waals surface area contributed by atoms with E-state index < -0.39 is 0 Å². The summed E-state index contributed by atoms with van der Waals surface area (Å²) >= 11 is 0. The Labute approximate surface area is 120 Å². The first-order valence-electron chi connectivity index (χ1n) is 7.07. The normalized spacial score (nSPS) is 21.1. The number of hydrogen-bond acceptors (Lipinski definition) is 3. The van der Waals surface area contributed by atoms with E-state index in [4.69, 9.17) is 10.5 Å². The zero-order valence-corrected chi connectivity index (χ0v) is 11.8. The Hall–Kier alpha value is -1.65. The number of nitrogens with two attached hydrogens (primary N) is 1. The van der Waals surface area contributed by atoms with Crippen molar-refractivity contribution in [3.05, 3.63) is 47.5 Å². The van der Waals surface area contributed by atoms with Gasteiger partial charge in [-0.05, 0) is 24.5 Å². The summed E-state index contributed by atoms with van der Waals surface area (Å²) in [6.45, 7) is 3.77. The molecule has 0 bridgehead atoms. The number of benzene rings is 1. The van der Waals surface area contributed by atoms with Gasteiger partial charge in [-0.15, -0.1) is 0 Å². The lowest BCUT2D eigenvalue weighted by Crippen LogP contribution is -2.30. The molecule has 0 fully saturated rings. The molecule has 0 radical (unpaired) electrons. The van der Waals surface area contributed by atoms with E-state index in [9.17, 15) is 4.79 Å². The Morgan fingerprint density at radius 1 is 1.35 bits per heavy atom. The molecule has 20 heavy (non-hydrogen) atoms. The molecule has 4 nitrogen and oxygen atoms in total. The van der Waals surface area contributed by atoms with Crippen LogP contribution in [0.1, 0.15) is 24.5 Å². The Morgan fingerprint density at radius 3 is 2.75 bits per heavy atom. The molecule has 1 aromatic carbocycles. The van der Waals surface area contributed by atoms with Crippen LogP contribution >= 0.6 is 0 Å². The van der Waals surface area contributed by atoms with Crippen molar-refractivity contribution in [1.29, 1.82) is 0 Å². The summed E-state index contributed by atoms with van der Waals surface area (Å²) in [6.07, 6.45) is 4.49. The largest absolute Gasteiger partial charge is 0.377 e. The number of hydrogen-bond donors (Lipinski definition) is 2. The maximum Gasteiger partial charge on any atom is 0.227 e. The van der Waals surface area contributed by atoms with Gasteiger partial charge in [0.1, 0.15) is 0 Å². The zero-order chi connectivity index (χ0) is 14.4. The molecule has 2 atom stereocenters. The minimum absolute atomic E-state index is 0.0102. The summed E-state index contributed by atoms with van der Waals surface area (Å²) in [5.41, 5.74) is 7.98. The topological polar surface area (TPSA) is 64.3 Å². The molecule has 2 rings (SSSR count). The van der Waals surface area contributed by atoms with Gasteiger partial charge in [0, 0.05) is 19.2 Å². The molecule has 108 valence electrons. The highest BCUT2D eigenvalue weighted by Crippen LogP contribution is 2.17. The van der Waals surface area contributed by atoms with Crippen molar-refractivity contribution in [2.75, 3.05) is 6.61 Å². The number of rotatable bonds is 6. The van der Waals surface area contributed by atoms with Crippen LogP contribution in [0.25, 0.3) is 0 Å². The van der Waals surface area contributed by atoms with Gasteiger partial charge in [0.15, 0.2) is 0 Å². The molecule has 3 N–H and O–H groups in total. The minimum Gasteiger partial charge on any atom is -0.377 e. The molecule has 0 heterocycles. The number of ether oxygens (including phenoxy) is 1. The number of carbonyl (C=O) groups excluding carboxylic acids is 1. The third kappa shape index (κ3) is 3.92. The summed E-state index contributed by atoms with van der Waals surface area (Å²) in [5, 5.41) is 2.98. The molecule has 0 saturated heterocycles. The molecule has 1 aromatic rings. The highest BCUT2D eigenvalue weighted by molar-refractivity contribution is 5.81. The fourth-order valence-electron chi connectivity index (χ4n) is 2.32. The van der Waals surface area contributed by atoms with Crippen molar-refractivity contribution in [2.24, 2.45) is 11.7 Å². The fourth-order valence-corrected chi connectivity index (χ4v) is 2.32. The summed E-state index contributed by atoms with van der Waals surface area (Å²) in [4.78, 5) is 12.0. The second-order valence-corrected chi connectivity index (χ2v) is 5.01. The average Bonchev–Trinajstić information content (AvgIpc) is 2.90. The van der Waals surface area contributed by atoms with Crippen LogP contribution in [0, 0.1) is 5.92 Å². The zero-order valence-electron chi connectivity index (χ0n) is 11.8. The second kappa shape index (κ2) is 7.22. The highest BCUT2D eigenvalue weighted by atomic mass is 16.5. The maximum absolute atomic E-state index is 12.0. The molecule has 2 unspecified atom stereocenters. The lowest BCUT2D eigenvalue weighted by Gasteiger charge is -2.13. The fraction of sp³-hybridized carbons (Fsp3) is 0.438. The van der Waals surface area contributed by atoms with Gasteiger partial charge in [-0.3, -0.25) is 4.79 Å². The van der Waals surface area contributed by atoms with Gasteiger partial charge < -0.3 is 15.8 Å². The molecule has 0 saturated carbocycles. The Morgan fingerprint density at radius 2 is 2.10 bits per heavy atom. The number of amides is 1. The molecule has 0 spiro atoms. The first-order chi connectivity index (χ1) is 9.70. The van der Waals surface area contributed by atoms with Crippen LogP contribution in [0.2, 0.25) is 0 Å². The summed E-state index contributed by atoms with van der Waals surface area (Å²) < 4.78 is 5.44. The van der Waals surface area contributed by atoms with Crippen molar-refractivity contribution in [3.8, 4) is 0 Å². The average molecular weight is 274 g/mol. The molecular weight excluding hydrogens is 252 g/mol. The third-order valence-electron chi connectivity index (χ3n) is 3.49. The van der Waals surface area contributed by atoms with E-state index in [2.05, 4.69) is 5.32 Å². The van der Waals surface area contributed by atoms with E-state index in [-0.39, 0.29) is 17.9 Å². The molecule has 4 heteroatoms. The van der Waals surface area contributed by atoms with Crippen molar-refractivity contribution in [3.63, 3.8) is 0 Å². The predicted octanol–water partition coefficient (Wildman–Crippen LogP) is 1.74. The monoisotopic (exact) mass is 274 g/mol. The van der Waals surface area contributed by atoms with E-state index in [0.717, 1.165) is 11.1 Å². The third-order valence-corrected chi connectivity index (χ3v) is 3.49. The highest BCUT2D eigenvalue weighted by Gasteiger charge is 2.22. The van der Waals surface area contributed by atoms with Gasteiger partial charge in [-0.2, -0.15) is 0 Å². The quantitative estimate of drug-likeness (QED) is 0.777. The van der Waals surface area contributed by atoms with E-state index >= 15 is 0 Å². The lowest BCUT2D eigenvalue weighted by atomic mass is 10.1. The second-order valence-electron chi connectivity index (χ2n) is 5.01. The molecule has 0 aromatic heterocycles. The first kappa shape index (κ1) is 14.8. The molecule has 1 aliphatic carbocycles.